The molecule has 0 saturated carbocycles. The second-order valence-corrected chi connectivity index (χ2v) is 3.37. The van der Waals surface area contributed by atoms with Gasteiger partial charge in [-0.05, 0) is 0 Å². The van der Waals surface area contributed by atoms with Gasteiger partial charge in [-0.2, -0.15) is 0 Å². The van der Waals surface area contributed by atoms with Crippen LogP contribution >= 0.6 is 0 Å². The number of nitrogens with one attached hydrogen (secondary N) is 2. The molecule has 0 aromatic heterocycles. The molecule has 0 fully saturated rings. The zero-order chi connectivity index (χ0) is 12.7. The fourth-order valence-electron chi connectivity index (χ4n) is 0.747. The van der Waals surface area contributed by atoms with Crippen molar-refractivity contribution in [2.24, 2.45) is 5.92 Å². The van der Waals surface area contributed by atoms with Crippen LogP contribution in [0.1, 0.15) is 13.8 Å². The van der Waals surface area contributed by atoms with Gasteiger partial charge in [0.25, 0.3) is 5.91 Å². The van der Waals surface area contributed by atoms with Gasteiger partial charge in [-0.3, -0.25) is 19.2 Å². The molecule has 0 aromatic rings. The number of hydrogen-bond acceptors (Lipinski definition) is 4. The smallest absolute Gasteiger partial charge is 0.322 e. The molecule has 0 rings (SSSR count). The van der Waals surface area contributed by atoms with E-state index in [2.05, 4.69) is 5.32 Å². The minimum atomic E-state index is -1.18. The van der Waals surface area contributed by atoms with Crippen molar-refractivity contribution >= 4 is 23.6 Å². The summed E-state index contributed by atoms with van der Waals surface area (Å²) in [6.07, 6.45) is 0. The number of rotatable bonds is 6. The topological polar surface area (TPSA) is 113 Å². The second kappa shape index (κ2) is 6.54. The van der Waals surface area contributed by atoms with Crippen molar-refractivity contribution in [3.05, 3.63) is 0 Å². The molecular formula is C9H14N2O5. The fraction of sp³-hybridized carbons (Fsp3) is 0.556. The van der Waals surface area contributed by atoms with Crippen LogP contribution in [0.2, 0.25) is 0 Å². The van der Waals surface area contributed by atoms with E-state index >= 15 is 0 Å². The first-order valence-electron chi connectivity index (χ1n) is 4.65. The Balaban J connectivity index is 3.88. The van der Waals surface area contributed by atoms with Gasteiger partial charge >= 0.3 is 5.97 Å². The molecular weight excluding hydrogens is 216 g/mol. The normalized spacial score (nSPS) is 9.69. The van der Waals surface area contributed by atoms with Gasteiger partial charge in [0.05, 0.1) is 6.54 Å². The summed E-state index contributed by atoms with van der Waals surface area (Å²) in [5.74, 6) is -3.75. The lowest BCUT2D eigenvalue weighted by molar-refractivity contribution is -0.140. The number of aliphatic carboxylic acids is 1. The quantitative estimate of drug-likeness (QED) is 0.482. The van der Waals surface area contributed by atoms with Crippen molar-refractivity contribution in [3.63, 3.8) is 0 Å². The maximum absolute atomic E-state index is 11.1. The molecule has 7 heteroatoms. The third-order valence-corrected chi connectivity index (χ3v) is 1.59. The molecule has 0 bridgehead atoms. The molecule has 0 heterocycles. The molecule has 0 unspecified atom stereocenters. The van der Waals surface area contributed by atoms with Crippen molar-refractivity contribution in [1.29, 1.82) is 0 Å². The SMILES string of the molecule is CC(C)C(=O)C(=O)NCC(=O)NCC(=O)O. The summed E-state index contributed by atoms with van der Waals surface area (Å²) in [6, 6.07) is 0. The van der Waals surface area contributed by atoms with Gasteiger partial charge in [0.2, 0.25) is 11.7 Å². The average molecular weight is 230 g/mol. The van der Waals surface area contributed by atoms with Crippen molar-refractivity contribution in [1.82, 2.24) is 10.6 Å². The number of carbonyl (C=O) groups excluding carboxylic acids is 3. The molecule has 0 atom stereocenters. The van der Waals surface area contributed by atoms with Crippen LogP contribution in [0, 0.1) is 5.92 Å². The molecule has 16 heavy (non-hydrogen) atoms. The van der Waals surface area contributed by atoms with Crippen LogP contribution in [0.5, 0.6) is 0 Å². The van der Waals surface area contributed by atoms with E-state index in [9.17, 15) is 19.2 Å². The number of amides is 2. The lowest BCUT2D eigenvalue weighted by Gasteiger charge is -2.06. The third kappa shape index (κ3) is 5.74. The summed E-state index contributed by atoms with van der Waals surface area (Å²) in [6.45, 7) is 2.19. The molecule has 0 aromatic carbocycles. The lowest BCUT2D eigenvalue weighted by Crippen LogP contribution is -2.42. The van der Waals surface area contributed by atoms with Gasteiger partial charge in [0.15, 0.2) is 0 Å². The molecule has 90 valence electrons. The Morgan fingerprint density at radius 1 is 1.06 bits per heavy atom. The summed E-state index contributed by atoms with van der Waals surface area (Å²) in [7, 11) is 0. The van der Waals surface area contributed by atoms with Crippen LogP contribution in [-0.2, 0) is 19.2 Å². The number of carboxylic acids is 1. The summed E-state index contributed by atoms with van der Waals surface area (Å²) >= 11 is 0. The predicted molar refractivity (Wildman–Crippen MR) is 53.5 cm³/mol. The van der Waals surface area contributed by atoms with E-state index in [-0.39, 0.29) is 0 Å². The molecule has 0 spiro atoms. The monoisotopic (exact) mass is 230 g/mol. The van der Waals surface area contributed by atoms with E-state index < -0.39 is 42.6 Å². The van der Waals surface area contributed by atoms with Gasteiger partial charge in [-0.15, -0.1) is 0 Å². The minimum Gasteiger partial charge on any atom is -0.480 e. The molecule has 0 saturated heterocycles. The van der Waals surface area contributed by atoms with Crippen molar-refractivity contribution in [2.45, 2.75) is 13.8 Å². The van der Waals surface area contributed by atoms with E-state index in [0.717, 1.165) is 0 Å². The first kappa shape index (κ1) is 14.1. The van der Waals surface area contributed by atoms with Crippen LogP contribution in [-0.4, -0.2) is 41.8 Å². The average Bonchev–Trinajstić information content (AvgIpc) is 2.21. The minimum absolute atomic E-state index is 0.412. The van der Waals surface area contributed by atoms with E-state index in [1.807, 2.05) is 5.32 Å². The van der Waals surface area contributed by atoms with E-state index in [1.165, 1.54) is 0 Å². The standard InChI is InChI=1S/C9H14N2O5/c1-5(2)8(15)9(16)11-3-6(12)10-4-7(13)14/h5H,3-4H2,1-2H3,(H,10,12)(H,11,16)(H,13,14). The Kier molecular flexibility index (Phi) is 5.76. The molecule has 0 aliphatic carbocycles. The molecule has 7 nitrogen and oxygen atoms in total. The van der Waals surface area contributed by atoms with Crippen molar-refractivity contribution in [3.8, 4) is 0 Å². The lowest BCUT2D eigenvalue weighted by atomic mass is 10.1. The van der Waals surface area contributed by atoms with Crippen molar-refractivity contribution < 1.29 is 24.3 Å². The summed E-state index contributed by atoms with van der Waals surface area (Å²) in [4.78, 5) is 43.2. The van der Waals surface area contributed by atoms with Crippen LogP contribution in [0.4, 0.5) is 0 Å². The number of carbonyl (C=O) groups is 4. The zero-order valence-corrected chi connectivity index (χ0v) is 9.07. The second-order valence-electron chi connectivity index (χ2n) is 3.37. The Bertz CT molecular complexity index is 311. The Morgan fingerprint density at radius 2 is 1.62 bits per heavy atom. The van der Waals surface area contributed by atoms with Crippen LogP contribution in [0.3, 0.4) is 0 Å². The number of ketones is 1. The van der Waals surface area contributed by atoms with E-state index in [0.29, 0.717) is 0 Å². The number of Topliss-reactive ketones (excluding diaryl/α,β-unsaturated/α-hetero) is 1. The fourth-order valence-corrected chi connectivity index (χ4v) is 0.747. The summed E-state index contributed by atoms with van der Waals surface area (Å²) in [5, 5.41) is 12.4. The van der Waals surface area contributed by atoms with Gasteiger partial charge < -0.3 is 15.7 Å². The predicted octanol–water partition coefficient (Wildman–Crippen LogP) is -1.47. The highest BCUT2D eigenvalue weighted by Gasteiger charge is 2.17. The first-order valence-corrected chi connectivity index (χ1v) is 4.65. The largest absolute Gasteiger partial charge is 0.480 e. The van der Waals surface area contributed by atoms with Crippen LogP contribution in [0.15, 0.2) is 0 Å². The first-order chi connectivity index (χ1) is 7.34. The molecule has 0 aliphatic heterocycles. The highest BCUT2D eigenvalue weighted by molar-refractivity contribution is 6.37. The van der Waals surface area contributed by atoms with Crippen LogP contribution in [0.25, 0.3) is 0 Å². The molecule has 3 N–H and O–H groups in total. The van der Waals surface area contributed by atoms with Gasteiger partial charge in [0.1, 0.15) is 6.54 Å². The van der Waals surface area contributed by atoms with Gasteiger partial charge in [-0.1, -0.05) is 13.8 Å². The van der Waals surface area contributed by atoms with Gasteiger partial charge in [-0.25, -0.2) is 0 Å². The zero-order valence-electron chi connectivity index (χ0n) is 9.07. The molecule has 0 aliphatic rings. The molecule has 2 amide bonds. The Morgan fingerprint density at radius 3 is 2.06 bits per heavy atom. The number of carboxylic acid groups (broad SMARTS) is 1. The Labute approximate surface area is 92.2 Å². The van der Waals surface area contributed by atoms with Crippen molar-refractivity contribution in [2.75, 3.05) is 13.1 Å². The van der Waals surface area contributed by atoms with E-state index in [4.69, 9.17) is 5.11 Å². The highest BCUT2D eigenvalue weighted by Crippen LogP contribution is 1.92. The maximum Gasteiger partial charge on any atom is 0.322 e. The summed E-state index contributed by atoms with van der Waals surface area (Å²) in [5.41, 5.74) is 0. The van der Waals surface area contributed by atoms with Crippen LogP contribution < -0.4 is 10.6 Å². The highest BCUT2D eigenvalue weighted by atomic mass is 16.4. The number of hydrogen-bond donors (Lipinski definition) is 3. The van der Waals surface area contributed by atoms with E-state index in [1.54, 1.807) is 13.8 Å². The molecule has 0 radical (unpaired) electrons. The summed E-state index contributed by atoms with van der Waals surface area (Å²) < 4.78 is 0. The third-order valence-electron chi connectivity index (χ3n) is 1.59. The Hall–Kier alpha value is -1.92. The maximum atomic E-state index is 11.1. The van der Waals surface area contributed by atoms with Gasteiger partial charge in [0, 0.05) is 5.92 Å².